The maximum atomic E-state index is 12.0. The van der Waals surface area contributed by atoms with Crippen molar-refractivity contribution in [2.24, 2.45) is 0 Å². The van der Waals surface area contributed by atoms with E-state index in [1.54, 1.807) is 13.1 Å². The van der Waals surface area contributed by atoms with E-state index in [1.807, 2.05) is 19.9 Å². The van der Waals surface area contributed by atoms with Crippen LogP contribution < -0.4 is 10.6 Å². The molecule has 2 amide bonds. The smallest absolute Gasteiger partial charge is 0.326 e. The lowest BCUT2D eigenvalue weighted by molar-refractivity contribution is -0.141. The van der Waals surface area contributed by atoms with Crippen molar-refractivity contribution < 1.29 is 14.7 Å². The Hall–Kier alpha value is -2.57. The van der Waals surface area contributed by atoms with Crippen molar-refractivity contribution in [3.05, 3.63) is 28.8 Å². The van der Waals surface area contributed by atoms with E-state index in [-0.39, 0.29) is 6.42 Å². The van der Waals surface area contributed by atoms with E-state index in [4.69, 9.17) is 5.41 Å². The molecule has 7 nitrogen and oxygen atoms in total. The van der Waals surface area contributed by atoms with Crippen molar-refractivity contribution in [1.29, 1.82) is 5.41 Å². The van der Waals surface area contributed by atoms with Gasteiger partial charge in [-0.25, -0.2) is 9.59 Å². The molecule has 0 aliphatic rings. The number of likely N-dealkylation sites (N-methyl/N-ethyl adjacent to an activating group) is 1. The fourth-order valence-corrected chi connectivity index (χ4v) is 2.58. The predicted octanol–water partition coefficient (Wildman–Crippen LogP) is 2.08. The van der Waals surface area contributed by atoms with Crippen LogP contribution in [0.2, 0.25) is 0 Å². The Bertz CT molecular complexity index is 616. The van der Waals surface area contributed by atoms with E-state index in [9.17, 15) is 14.7 Å². The van der Waals surface area contributed by atoms with Crippen LogP contribution in [-0.2, 0) is 11.2 Å². The maximum Gasteiger partial charge on any atom is 0.326 e. The summed E-state index contributed by atoms with van der Waals surface area (Å²) in [4.78, 5) is 24.9. The lowest BCUT2D eigenvalue weighted by Gasteiger charge is -2.25. The van der Waals surface area contributed by atoms with Gasteiger partial charge < -0.3 is 26.0 Å². The van der Waals surface area contributed by atoms with Crippen molar-refractivity contribution in [3.63, 3.8) is 0 Å². The fraction of sp³-hybridized carbons (Fsp3) is 0.471. The first-order chi connectivity index (χ1) is 11.3. The minimum atomic E-state index is -1.06. The van der Waals surface area contributed by atoms with Gasteiger partial charge in [0.1, 0.15) is 6.04 Å². The second-order valence-corrected chi connectivity index (χ2v) is 5.67. The summed E-state index contributed by atoms with van der Waals surface area (Å²) >= 11 is 0. The average Bonchev–Trinajstić information content (AvgIpc) is 2.55. The number of carboxylic acid groups (broad SMARTS) is 1. The molecular formula is C17H26N4O3. The topological polar surface area (TPSA) is 106 Å². The zero-order chi connectivity index (χ0) is 18.3. The van der Waals surface area contributed by atoms with Gasteiger partial charge in [0.2, 0.25) is 0 Å². The number of nitrogens with zero attached hydrogens (tertiary/aromatic N) is 1. The number of aliphatic carboxylic acids is 1. The Morgan fingerprint density at radius 2 is 2.08 bits per heavy atom. The van der Waals surface area contributed by atoms with Gasteiger partial charge in [-0.1, -0.05) is 13.0 Å². The van der Waals surface area contributed by atoms with Gasteiger partial charge in [-0.2, -0.15) is 0 Å². The second-order valence-electron chi connectivity index (χ2n) is 5.67. The van der Waals surface area contributed by atoms with Crippen LogP contribution in [0.1, 0.15) is 30.0 Å². The van der Waals surface area contributed by atoms with Gasteiger partial charge in [0.05, 0.1) is 0 Å². The van der Waals surface area contributed by atoms with Crippen molar-refractivity contribution in [2.45, 2.75) is 32.7 Å². The summed E-state index contributed by atoms with van der Waals surface area (Å²) in [6, 6.07) is 2.28. The molecule has 1 aromatic carbocycles. The van der Waals surface area contributed by atoms with Crippen LogP contribution >= 0.6 is 0 Å². The number of carboxylic acids is 1. The van der Waals surface area contributed by atoms with Gasteiger partial charge in [0, 0.05) is 44.5 Å². The zero-order valence-electron chi connectivity index (χ0n) is 14.6. The fourth-order valence-electron chi connectivity index (χ4n) is 2.58. The first-order valence-corrected chi connectivity index (χ1v) is 7.90. The van der Waals surface area contributed by atoms with Crippen molar-refractivity contribution in [2.75, 3.05) is 26.0 Å². The molecule has 0 aliphatic carbocycles. The summed E-state index contributed by atoms with van der Waals surface area (Å²) in [5.74, 6) is -1.06. The van der Waals surface area contributed by atoms with Crippen LogP contribution in [0.25, 0.3) is 0 Å². The molecule has 1 aromatic rings. The van der Waals surface area contributed by atoms with Crippen LogP contribution in [0.3, 0.4) is 0 Å². The van der Waals surface area contributed by atoms with Crippen molar-refractivity contribution in [1.82, 2.24) is 10.2 Å². The molecule has 0 unspecified atom stereocenters. The van der Waals surface area contributed by atoms with Gasteiger partial charge >= 0.3 is 12.0 Å². The highest BCUT2D eigenvalue weighted by Crippen LogP contribution is 2.22. The van der Waals surface area contributed by atoms with Crippen LogP contribution in [-0.4, -0.2) is 54.9 Å². The summed E-state index contributed by atoms with van der Waals surface area (Å²) < 4.78 is 0. The molecule has 0 spiro atoms. The highest BCUT2D eigenvalue weighted by atomic mass is 16.4. The number of urea groups is 1. The standard InChI is InChI=1S/C17H26N4O3/c1-5-6-20-17(24)21(4)14(16(22)23)9-12-7-11(2)15(19-3)13(8-12)10-18/h7-8,10,14,18-19H,5-6,9H2,1-4H3,(H,20,24)(H,22,23)/t14-/m1/s1. The number of rotatable bonds is 8. The zero-order valence-corrected chi connectivity index (χ0v) is 14.6. The van der Waals surface area contributed by atoms with Crippen LogP contribution in [0.5, 0.6) is 0 Å². The summed E-state index contributed by atoms with van der Waals surface area (Å²) in [7, 11) is 3.26. The average molecular weight is 334 g/mol. The van der Waals surface area contributed by atoms with Crippen LogP contribution in [0.15, 0.2) is 12.1 Å². The first-order valence-electron chi connectivity index (χ1n) is 7.90. The molecule has 0 bridgehead atoms. The van der Waals surface area contributed by atoms with E-state index < -0.39 is 18.0 Å². The molecule has 24 heavy (non-hydrogen) atoms. The quantitative estimate of drug-likeness (QED) is 0.546. The molecule has 0 aromatic heterocycles. The van der Waals surface area contributed by atoms with Gasteiger partial charge in [-0.05, 0) is 30.5 Å². The van der Waals surface area contributed by atoms with E-state index >= 15 is 0 Å². The Balaban J connectivity index is 3.05. The SMILES string of the molecule is CCCNC(=O)N(C)[C@H](Cc1cc(C)c(NC)c(C=N)c1)C(=O)O. The van der Waals surface area contributed by atoms with Crippen molar-refractivity contribution in [3.8, 4) is 0 Å². The van der Waals surface area contributed by atoms with Crippen LogP contribution in [0.4, 0.5) is 10.5 Å². The summed E-state index contributed by atoms with van der Waals surface area (Å²) in [6.07, 6.45) is 2.19. The monoisotopic (exact) mass is 334 g/mol. The Morgan fingerprint density at radius 1 is 1.42 bits per heavy atom. The number of carbonyl (C=O) groups excluding carboxylic acids is 1. The largest absolute Gasteiger partial charge is 0.480 e. The lowest BCUT2D eigenvalue weighted by Crippen LogP contribution is -2.48. The summed E-state index contributed by atoms with van der Waals surface area (Å²) in [5.41, 5.74) is 3.23. The number of aryl methyl sites for hydroxylation is 1. The molecule has 0 aliphatic heterocycles. The Labute approximate surface area is 142 Å². The molecule has 1 rings (SSSR count). The first kappa shape index (κ1) is 19.5. The molecule has 0 saturated heterocycles. The Morgan fingerprint density at radius 3 is 2.58 bits per heavy atom. The molecule has 0 saturated carbocycles. The van der Waals surface area contributed by atoms with E-state index in [0.29, 0.717) is 12.1 Å². The predicted molar refractivity (Wildman–Crippen MR) is 95.2 cm³/mol. The third-order valence-electron chi connectivity index (χ3n) is 3.86. The third kappa shape index (κ3) is 4.71. The highest BCUT2D eigenvalue weighted by molar-refractivity contribution is 5.88. The van der Waals surface area contributed by atoms with Gasteiger partial charge in [0.15, 0.2) is 0 Å². The Kier molecular flexibility index (Phi) is 7.23. The number of amides is 2. The molecule has 0 radical (unpaired) electrons. The lowest BCUT2D eigenvalue weighted by atomic mass is 9.98. The normalized spacial score (nSPS) is 11.5. The molecule has 7 heteroatoms. The molecule has 0 fully saturated rings. The van der Waals surface area contributed by atoms with Gasteiger partial charge in [-0.3, -0.25) is 0 Å². The minimum Gasteiger partial charge on any atom is -0.480 e. The van der Waals surface area contributed by atoms with Gasteiger partial charge in [0.25, 0.3) is 0 Å². The number of benzene rings is 1. The van der Waals surface area contributed by atoms with E-state index in [1.165, 1.54) is 18.2 Å². The molecular weight excluding hydrogens is 308 g/mol. The van der Waals surface area contributed by atoms with E-state index in [0.717, 1.165) is 23.2 Å². The van der Waals surface area contributed by atoms with Gasteiger partial charge in [-0.15, -0.1) is 0 Å². The third-order valence-corrected chi connectivity index (χ3v) is 3.86. The number of nitrogens with one attached hydrogen (secondary N) is 3. The summed E-state index contributed by atoms with van der Waals surface area (Å²) in [6.45, 7) is 4.33. The number of hydrogen-bond acceptors (Lipinski definition) is 4. The minimum absolute atomic E-state index is 0.178. The second kappa shape index (κ2) is 8.90. The van der Waals surface area contributed by atoms with E-state index in [2.05, 4.69) is 10.6 Å². The molecule has 0 heterocycles. The van der Waals surface area contributed by atoms with Crippen molar-refractivity contribution >= 4 is 23.9 Å². The molecule has 132 valence electrons. The maximum absolute atomic E-state index is 12.0. The number of anilines is 1. The number of hydrogen-bond donors (Lipinski definition) is 4. The molecule has 4 N–H and O–H groups in total. The highest BCUT2D eigenvalue weighted by Gasteiger charge is 2.27. The number of carbonyl (C=O) groups is 2. The molecule has 1 atom stereocenters. The van der Waals surface area contributed by atoms with Crippen LogP contribution in [0, 0.1) is 12.3 Å². The summed E-state index contributed by atoms with van der Waals surface area (Å²) in [5, 5.41) is 22.7.